The van der Waals surface area contributed by atoms with E-state index in [4.69, 9.17) is 11.6 Å². The fourth-order valence-electron chi connectivity index (χ4n) is 2.66. The summed E-state index contributed by atoms with van der Waals surface area (Å²) in [5.41, 5.74) is 2.94. The molecule has 4 aromatic rings. The Morgan fingerprint density at radius 2 is 1.65 bits per heavy atom. The molecular formula is C20H16ClN5. The average Bonchev–Trinajstić information content (AvgIpc) is 2.68. The molecule has 2 aromatic carbocycles. The van der Waals surface area contributed by atoms with Crippen LogP contribution in [0.3, 0.4) is 0 Å². The van der Waals surface area contributed by atoms with Crippen LogP contribution in [0.1, 0.15) is 5.56 Å². The third kappa shape index (κ3) is 3.73. The minimum absolute atomic E-state index is 0.656. The molecule has 0 saturated heterocycles. The summed E-state index contributed by atoms with van der Waals surface area (Å²) < 4.78 is 0. The summed E-state index contributed by atoms with van der Waals surface area (Å²) >= 11 is 5.91. The maximum Gasteiger partial charge on any atom is 0.135 e. The highest BCUT2D eigenvalue weighted by Gasteiger charge is 2.04. The van der Waals surface area contributed by atoms with E-state index < -0.39 is 0 Å². The number of fused-ring (bicyclic) bond motifs is 1. The normalized spacial score (nSPS) is 10.7. The fraction of sp³-hybridized carbons (Fsp3) is 0.0500. The number of hydrogen-bond acceptors (Lipinski definition) is 5. The molecule has 2 heterocycles. The number of pyridine rings is 1. The van der Waals surface area contributed by atoms with E-state index in [0.29, 0.717) is 12.4 Å². The Balaban J connectivity index is 1.51. The van der Waals surface area contributed by atoms with Gasteiger partial charge in [-0.1, -0.05) is 41.9 Å². The number of nitrogens with zero attached hydrogens (tertiary/aromatic N) is 3. The van der Waals surface area contributed by atoms with E-state index in [0.717, 1.165) is 33.0 Å². The summed E-state index contributed by atoms with van der Waals surface area (Å²) in [6.07, 6.45) is 3.32. The third-order valence-corrected chi connectivity index (χ3v) is 4.20. The monoisotopic (exact) mass is 361 g/mol. The van der Waals surface area contributed by atoms with E-state index in [-0.39, 0.29) is 0 Å². The predicted octanol–water partition coefficient (Wildman–Crippen LogP) is 5.03. The first-order chi connectivity index (χ1) is 12.8. The molecule has 0 saturated carbocycles. The molecule has 2 N–H and O–H groups in total. The highest BCUT2D eigenvalue weighted by molar-refractivity contribution is 6.30. The summed E-state index contributed by atoms with van der Waals surface area (Å²) in [6.45, 7) is 0.656. The predicted molar refractivity (Wildman–Crippen MR) is 106 cm³/mol. The molecule has 0 aliphatic carbocycles. The lowest BCUT2D eigenvalue weighted by atomic mass is 10.2. The van der Waals surface area contributed by atoms with Gasteiger partial charge < -0.3 is 10.6 Å². The van der Waals surface area contributed by atoms with Crippen molar-refractivity contribution in [3.63, 3.8) is 0 Å². The van der Waals surface area contributed by atoms with Crippen LogP contribution in [-0.4, -0.2) is 15.0 Å². The van der Waals surface area contributed by atoms with Crippen molar-refractivity contribution in [2.24, 2.45) is 0 Å². The lowest BCUT2D eigenvalue weighted by Crippen LogP contribution is -2.03. The van der Waals surface area contributed by atoms with Gasteiger partial charge in [-0.15, -0.1) is 0 Å². The maximum absolute atomic E-state index is 5.91. The van der Waals surface area contributed by atoms with Crippen LogP contribution in [0, 0.1) is 0 Å². The van der Waals surface area contributed by atoms with Crippen LogP contribution in [0.15, 0.2) is 73.2 Å². The zero-order valence-corrected chi connectivity index (χ0v) is 14.6. The van der Waals surface area contributed by atoms with Crippen LogP contribution >= 0.6 is 11.6 Å². The number of benzene rings is 2. The number of hydrogen-bond donors (Lipinski definition) is 2. The van der Waals surface area contributed by atoms with Crippen molar-refractivity contribution in [2.75, 3.05) is 10.6 Å². The van der Waals surface area contributed by atoms with Crippen molar-refractivity contribution in [3.8, 4) is 0 Å². The summed E-state index contributed by atoms with van der Waals surface area (Å²) in [5, 5.41) is 8.42. The van der Waals surface area contributed by atoms with Gasteiger partial charge >= 0.3 is 0 Å². The van der Waals surface area contributed by atoms with E-state index in [1.807, 2.05) is 60.7 Å². The molecule has 0 amide bonds. The van der Waals surface area contributed by atoms with Gasteiger partial charge in [0.05, 0.1) is 11.2 Å². The Bertz CT molecular complexity index is 1030. The van der Waals surface area contributed by atoms with Gasteiger partial charge in [-0.2, -0.15) is 0 Å². The van der Waals surface area contributed by atoms with Crippen molar-refractivity contribution < 1.29 is 0 Å². The highest BCUT2D eigenvalue weighted by atomic mass is 35.5. The van der Waals surface area contributed by atoms with Crippen molar-refractivity contribution in [3.05, 3.63) is 83.8 Å². The Morgan fingerprint density at radius 3 is 2.54 bits per heavy atom. The summed E-state index contributed by atoms with van der Waals surface area (Å²) in [5.74, 6) is 1.45. The Kier molecular flexibility index (Phi) is 4.62. The van der Waals surface area contributed by atoms with Crippen LogP contribution < -0.4 is 10.6 Å². The number of rotatable bonds is 5. The highest BCUT2D eigenvalue weighted by Crippen LogP contribution is 2.24. The van der Waals surface area contributed by atoms with Crippen LogP contribution in [0.2, 0.25) is 5.02 Å². The van der Waals surface area contributed by atoms with Gasteiger partial charge in [0.15, 0.2) is 0 Å². The zero-order chi connectivity index (χ0) is 17.8. The van der Waals surface area contributed by atoms with Gasteiger partial charge in [0, 0.05) is 29.2 Å². The van der Waals surface area contributed by atoms with Crippen LogP contribution in [0.25, 0.3) is 10.9 Å². The first-order valence-corrected chi connectivity index (χ1v) is 8.57. The fourth-order valence-corrected chi connectivity index (χ4v) is 2.79. The molecule has 0 unspecified atom stereocenters. The van der Waals surface area contributed by atoms with E-state index in [9.17, 15) is 0 Å². The molecule has 128 valence electrons. The zero-order valence-electron chi connectivity index (χ0n) is 13.9. The van der Waals surface area contributed by atoms with E-state index >= 15 is 0 Å². The average molecular weight is 362 g/mol. The van der Waals surface area contributed by atoms with Crippen molar-refractivity contribution in [2.45, 2.75) is 6.54 Å². The summed E-state index contributed by atoms with van der Waals surface area (Å²) in [6, 6.07) is 19.6. The summed E-state index contributed by atoms with van der Waals surface area (Å²) in [4.78, 5) is 13.0. The Hall–Kier alpha value is -3.18. The molecular weight excluding hydrogens is 346 g/mol. The van der Waals surface area contributed by atoms with Crippen LogP contribution in [-0.2, 0) is 6.54 Å². The minimum atomic E-state index is 0.656. The van der Waals surface area contributed by atoms with Gasteiger partial charge in [-0.25, -0.2) is 9.97 Å². The molecule has 0 aliphatic heterocycles. The first-order valence-electron chi connectivity index (χ1n) is 8.19. The lowest BCUT2D eigenvalue weighted by Gasteiger charge is -2.10. The molecule has 2 aromatic heterocycles. The van der Waals surface area contributed by atoms with Crippen LogP contribution in [0.4, 0.5) is 17.3 Å². The molecule has 0 atom stereocenters. The standard InChI is InChI=1S/C20H16ClN5/c21-16-8-6-14(7-9-16)12-23-18-11-19(25-13-24-18)26-17-5-1-3-15-4-2-10-22-20(15)17/h1-11,13H,12H2,(H2,23,24,25,26). The first kappa shape index (κ1) is 16.3. The molecule has 0 aliphatic rings. The van der Waals surface area contributed by atoms with Crippen molar-refractivity contribution >= 4 is 39.8 Å². The molecule has 0 bridgehead atoms. The molecule has 0 spiro atoms. The number of aromatic nitrogens is 3. The van der Waals surface area contributed by atoms with Gasteiger partial charge in [-0.3, -0.25) is 4.98 Å². The van der Waals surface area contributed by atoms with Crippen LogP contribution in [0.5, 0.6) is 0 Å². The maximum atomic E-state index is 5.91. The quantitative estimate of drug-likeness (QED) is 0.521. The Labute approximate surface area is 156 Å². The van der Waals surface area contributed by atoms with Crippen molar-refractivity contribution in [1.29, 1.82) is 0 Å². The van der Waals surface area contributed by atoms with E-state index in [2.05, 4.69) is 25.6 Å². The number of halogens is 1. The SMILES string of the molecule is Clc1ccc(CNc2cc(Nc3cccc4cccnc34)ncn2)cc1. The molecule has 6 heteroatoms. The second-order valence-corrected chi connectivity index (χ2v) is 6.21. The molecule has 4 rings (SSSR count). The molecule has 5 nitrogen and oxygen atoms in total. The number of anilines is 3. The largest absolute Gasteiger partial charge is 0.366 e. The number of para-hydroxylation sites is 1. The lowest BCUT2D eigenvalue weighted by molar-refractivity contribution is 1.08. The van der Waals surface area contributed by atoms with Gasteiger partial charge in [0.2, 0.25) is 0 Å². The molecule has 26 heavy (non-hydrogen) atoms. The van der Waals surface area contributed by atoms with E-state index in [1.54, 1.807) is 6.20 Å². The van der Waals surface area contributed by atoms with Gasteiger partial charge in [0.1, 0.15) is 18.0 Å². The third-order valence-electron chi connectivity index (χ3n) is 3.95. The Morgan fingerprint density at radius 1 is 0.846 bits per heavy atom. The topological polar surface area (TPSA) is 62.7 Å². The second kappa shape index (κ2) is 7.37. The molecule has 0 radical (unpaired) electrons. The number of nitrogens with one attached hydrogen (secondary N) is 2. The minimum Gasteiger partial charge on any atom is -0.366 e. The summed E-state index contributed by atoms with van der Waals surface area (Å²) in [7, 11) is 0. The van der Waals surface area contributed by atoms with Gasteiger partial charge in [-0.05, 0) is 29.8 Å². The smallest absolute Gasteiger partial charge is 0.135 e. The molecule has 0 fully saturated rings. The second-order valence-electron chi connectivity index (χ2n) is 5.77. The van der Waals surface area contributed by atoms with Crippen molar-refractivity contribution in [1.82, 2.24) is 15.0 Å². The van der Waals surface area contributed by atoms with E-state index in [1.165, 1.54) is 6.33 Å². The van der Waals surface area contributed by atoms with Gasteiger partial charge in [0.25, 0.3) is 0 Å².